The van der Waals surface area contributed by atoms with E-state index in [9.17, 15) is 13.2 Å². The van der Waals surface area contributed by atoms with Gasteiger partial charge >= 0.3 is 0 Å². The number of anilines is 2. The molecule has 0 aliphatic heterocycles. The number of sulfonamides is 1. The minimum absolute atomic E-state index is 0.179. The Morgan fingerprint density at radius 1 is 1.08 bits per heavy atom. The number of para-hydroxylation sites is 1. The molecule has 5 nitrogen and oxygen atoms in total. The van der Waals surface area contributed by atoms with Gasteiger partial charge in [-0.15, -0.1) is 0 Å². The highest BCUT2D eigenvalue weighted by Crippen LogP contribution is 2.26. The molecular weight excluding hydrogens is 360 g/mol. The van der Waals surface area contributed by atoms with E-state index < -0.39 is 10.0 Å². The van der Waals surface area contributed by atoms with E-state index in [0.717, 1.165) is 35.9 Å². The molecule has 0 atom stereocenters. The Labute approximate surface area is 153 Å². The average Bonchev–Trinajstić information content (AvgIpc) is 2.53. The average molecular weight is 381 g/mol. The molecule has 0 radical (unpaired) electrons. The zero-order valence-electron chi connectivity index (χ0n) is 14.4. The van der Waals surface area contributed by atoms with E-state index in [4.69, 9.17) is 11.6 Å². The van der Waals surface area contributed by atoms with Gasteiger partial charge in [0, 0.05) is 11.4 Å². The zero-order chi connectivity index (χ0) is 18.6. The van der Waals surface area contributed by atoms with Gasteiger partial charge in [-0.3, -0.25) is 9.52 Å². The first-order valence-corrected chi connectivity index (χ1v) is 10.2. The second kappa shape index (κ2) is 7.89. The molecule has 0 aliphatic rings. The van der Waals surface area contributed by atoms with Crippen molar-refractivity contribution in [2.24, 2.45) is 0 Å². The smallest absolute Gasteiger partial charge is 0.257 e. The fourth-order valence-electron chi connectivity index (χ4n) is 2.56. The summed E-state index contributed by atoms with van der Waals surface area (Å²) in [6, 6.07) is 10.4. The summed E-state index contributed by atoms with van der Waals surface area (Å²) in [5.74, 6) is -0.327. The van der Waals surface area contributed by atoms with Gasteiger partial charge in [0.25, 0.3) is 5.91 Å². The molecule has 2 rings (SSSR count). The molecule has 0 spiro atoms. The lowest BCUT2D eigenvalue weighted by Crippen LogP contribution is -2.16. The normalized spacial score (nSPS) is 11.2. The maximum absolute atomic E-state index is 12.6. The van der Waals surface area contributed by atoms with E-state index in [2.05, 4.69) is 10.0 Å². The number of amides is 1. The SMILES string of the molecule is CCc1cccc(CC)c1NC(=O)c1ccc(NS(C)(=O)=O)cc1Cl. The molecule has 0 aliphatic carbocycles. The van der Waals surface area contributed by atoms with Crippen LogP contribution in [0.3, 0.4) is 0 Å². The van der Waals surface area contributed by atoms with Crippen LogP contribution in [0.25, 0.3) is 0 Å². The van der Waals surface area contributed by atoms with Crippen molar-refractivity contribution in [3.63, 3.8) is 0 Å². The highest BCUT2D eigenvalue weighted by atomic mass is 35.5. The highest BCUT2D eigenvalue weighted by Gasteiger charge is 2.15. The standard InChI is InChI=1S/C18H21ClN2O3S/c1-4-12-7-6-8-13(5-2)17(12)20-18(22)15-10-9-14(11-16(15)19)21-25(3,23)24/h6-11,21H,4-5H2,1-3H3,(H,20,22). The number of hydrogen-bond acceptors (Lipinski definition) is 3. The van der Waals surface area contributed by atoms with E-state index in [-0.39, 0.29) is 16.5 Å². The van der Waals surface area contributed by atoms with Crippen molar-refractivity contribution in [1.82, 2.24) is 0 Å². The second-order valence-corrected chi connectivity index (χ2v) is 7.84. The predicted octanol–water partition coefficient (Wildman–Crippen LogP) is 4.09. The van der Waals surface area contributed by atoms with Crippen molar-refractivity contribution in [3.8, 4) is 0 Å². The van der Waals surface area contributed by atoms with E-state index in [1.165, 1.54) is 18.2 Å². The lowest BCUT2D eigenvalue weighted by atomic mass is 10.0. The Bertz CT molecular complexity index is 873. The molecular formula is C18H21ClN2O3S. The van der Waals surface area contributed by atoms with E-state index in [0.29, 0.717) is 5.69 Å². The number of aryl methyl sites for hydroxylation is 2. The Morgan fingerprint density at radius 2 is 1.68 bits per heavy atom. The van der Waals surface area contributed by atoms with Crippen LogP contribution in [-0.2, 0) is 22.9 Å². The maximum atomic E-state index is 12.6. The minimum atomic E-state index is -3.40. The largest absolute Gasteiger partial charge is 0.321 e. The van der Waals surface area contributed by atoms with Crippen LogP contribution < -0.4 is 10.0 Å². The van der Waals surface area contributed by atoms with Gasteiger partial charge in [-0.25, -0.2) is 8.42 Å². The summed E-state index contributed by atoms with van der Waals surface area (Å²) in [7, 11) is -3.40. The zero-order valence-corrected chi connectivity index (χ0v) is 16.0. The number of halogens is 1. The lowest BCUT2D eigenvalue weighted by molar-refractivity contribution is 0.102. The predicted molar refractivity (Wildman–Crippen MR) is 103 cm³/mol. The van der Waals surface area contributed by atoms with Gasteiger partial charge in [-0.2, -0.15) is 0 Å². The molecule has 2 N–H and O–H groups in total. The molecule has 7 heteroatoms. The molecule has 25 heavy (non-hydrogen) atoms. The summed E-state index contributed by atoms with van der Waals surface area (Å²) in [5, 5.41) is 3.12. The summed E-state index contributed by atoms with van der Waals surface area (Å²) in [4.78, 5) is 12.6. The molecule has 134 valence electrons. The first-order chi connectivity index (χ1) is 11.7. The molecule has 0 saturated heterocycles. The van der Waals surface area contributed by atoms with Crippen LogP contribution in [0.5, 0.6) is 0 Å². The van der Waals surface area contributed by atoms with Gasteiger partial charge in [0.15, 0.2) is 0 Å². The van der Waals surface area contributed by atoms with Crippen LogP contribution in [0, 0.1) is 0 Å². The van der Waals surface area contributed by atoms with Crippen LogP contribution in [0.4, 0.5) is 11.4 Å². The Balaban J connectivity index is 2.31. The third kappa shape index (κ3) is 4.96. The summed E-state index contributed by atoms with van der Waals surface area (Å²) in [6.07, 6.45) is 2.65. The molecule has 2 aromatic carbocycles. The molecule has 0 aromatic heterocycles. The summed E-state index contributed by atoms with van der Waals surface area (Å²) >= 11 is 6.17. The fraction of sp³-hybridized carbons (Fsp3) is 0.278. The van der Waals surface area contributed by atoms with Crippen LogP contribution in [0.2, 0.25) is 5.02 Å². The van der Waals surface area contributed by atoms with Crippen LogP contribution in [0.15, 0.2) is 36.4 Å². The van der Waals surface area contributed by atoms with Gasteiger partial charge in [-0.1, -0.05) is 43.6 Å². The first-order valence-electron chi connectivity index (χ1n) is 7.94. The van der Waals surface area contributed by atoms with Gasteiger partial charge in [0.05, 0.1) is 16.8 Å². The molecule has 0 saturated carbocycles. The fourth-order valence-corrected chi connectivity index (χ4v) is 3.38. The van der Waals surface area contributed by atoms with Gasteiger partial charge in [-0.05, 0) is 42.2 Å². The Hall–Kier alpha value is -2.05. The third-order valence-electron chi connectivity index (χ3n) is 3.75. The monoisotopic (exact) mass is 380 g/mol. The van der Waals surface area contributed by atoms with Crippen molar-refractivity contribution in [2.75, 3.05) is 16.3 Å². The summed E-state index contributed by atoms with van der Waals surface area (Å²) < 4.78 is 24.9. The third-order valence-corrected chi connectivity index (χ3v) is 4.67. The van der Waals surface area contributed by atoms with Crippen molar-refractivity contribution in [2.45, 2.75) is 26.7 Å². The van der Waals surface area contributed by atoms with Gasteiger partial charge in [0.2, 0.25) is 10.0 Å². The number of carbonyl (C=O) groups is 1. The number of rotatable bonds is 6. The maximum Gasteiger partial charge on any atom is 0.257 e. The van der Waals surface area contributed by atoms with Crippen molar-refractivity contribution in [1.29, 1.82) is 0 Å². The van der Waals surface area contributed by atoms with E-state index >= 15 is 0 Å². The quantitative estimate of drug-likeness (QED) is 0.792. The Kier molecular flexibility index (Phi) is 6.08. The molecule has 0 bridgehead atoms. The van der Waals surface area contributed by atoms with Crippen molar-refractivity contribution < 1.29 is 13.2 Å². The lowest BCUT2D eigenvalue weighted by Gasteiger charge is -2.15. The van der Waals surface area contributed by atoms with Crippen molar-refractivity contribution in [3.05, 3.63) is 58.1 Å². The Morgan fingerprint density at radius 3 is 2.16 bits per heavy atom. The molecule has 0 unspecified atom stereocenters. The second-order valence-electron chi connectivity index (χ2n) is 5.68. The van der Waals surface area contributed by atoms with Crippen LogP contribution >= 0.6 is 11.6 Å². The van der Waals surface area contributed by atoms with E-state index in [1.807, 2.05) is 32.0 Å². The molecule has 1 amide bonds. The topological polar surface area (TPSA) is 75.3 Å². The summed E-state index contributed by atoms with van der Waals surface area (Å²) in [5.41, 5.74) is 3.52. The minimum Gasteiger partial charge on any atom is -0.321 e. The van der Waals surface area contributed by atoms with Crippen LogP contribution in [-0.4, -0.2) is 20.6 Å². The first kappa shape index (κ1) is 19.3. The number of carbonyl (C=O) groups excluding carboxylic acids is 1. The molecule has 0 fully saturated rings. The highest BCUT2D eigenvalue weighted by molar-refractivity contribution is 7.92. The van der Waals surface area contributed by atoms with Gasteiger partial charge < -0.3 is 5.32 Å². The van der Waals surface area contributed by atoms with Gasteiger partial charge in [0.1, 0.15) is 0 Å². The number of nitrogens with one attached hydrogen (secondary N) is 2. The van der Waals surface area contributed by atoms with Crippen molar-refractivity contribution >= 4 is 38.9 Å². The summed E-state index contributed by atoms with van der Waals surface area (Å²) in [6.45, 7) is 4.06. The van der Waals surface area contributed by atoms with E-state index in [1.54, 1.807) is 0 Å². The number of hydrogen-bond donors (Lipinski definition) is 2. The van der Waals surface area contributed by atoms with Crippen LogP contribution in [0.1, 0.15) is 35.3 Å². The molecule has 0 heterocycles. The number of benzene rings is 2. The molecule has 2 aromatic rings.